The smallest absolute Gasteiger partial charge is 0.289 e. The molecule has 5 heteroatoms. The molecule has 104 valence electrons. The van der Waals surface area contributed by atoms with Crippen molar-refractivity contribution < 1.29 is 14.1 Å². The van der Waals surface area contributed by atoms with Crippen LogP contribution >= 0.6 is 0 Å². The van der Waals surface area contributed by atoms with Gasteiger partial charge < -0.3 is 14.6 Å². The zero-order chi connectivity index (χ0) is 14.0. The number of hydrogen-bond donors (Lipinski definition) is 1. The van der Waals surface area contributed by atoms with Crippen molar-refractivity contribution in [1.29, 1.82) is 0 Å². The Balaban J connectivity index is 1.66. The molecule has 1 amide bonds. The quantitative estimate of drug-likeness (QED) is 0.925. The van der Waals surface area contributed by atoms with Crippen LogP contribution in [-0.4, -0.2) is 30.8 Å². The van der Waals surface area contributed by atoms with E-state index in [9.17, 15) is 4.79 Å². The second-order valence-corrected chi connectivity index (χ2v) is 5.43. The van der Waals surface area contributed by atoms with E-state index in [2.05, 4.69) is 17.4 Å². The predicted molar refractivity (Wildman–Crippen MR) is 73.2 cm³/mol. The first-order chi connectivity index (χ1) is 9.66. The summed E-state index contributed by atoms with van der Waals surface area (Å²) in [6.45, 7) is 4.01. The molecule has 1 aliphatic rings. The van der Waals surface area contributed by atoms with E-state index < -0.39 is 0 Å². The lowest BCUT2D eigenvalue weighted by Gasteiger charge is -2.37. The summed E-state index contributed by atoms with van der Waals surface area (Å²) in [6.07, 6.45) is 0. The number of rotatable bonds is 4. The first-order valence-electron chi connectivity index (χ1n) is 6.54. The van der Waals surface area contributed by atoms with E-state index in [0.29, 0.717) is 25.5 Å². The third-order valence-corrected chi connectivity index (χ3v) is 3.38. The average molecular weight is 272 g/mol. The zero-order valence-electron chi connectivity index (χ0n) is 11.3. The van der Waals surface area contributed by atoms with Gasteiger partial charge in [-0.3, -0.25) is 4.79 Å². The molecule has 0 saturated carbocycles. The summed E-state index contributed by atoms with van der Waals surface area (Å²) < 4.78 is 10.3. The summed E-state index contributed by atoms with van der Waals surface area (Å²) in [5, 5.41) is 6.78. The van der Waals surface area contributed by atoms with E-state index in [1.54, 1.807) is 6.07 Å². The monoisotopic (exact) mass is 272 g/mol. The molecule has 0 bridgehead atoms. The number of benzene rings is 1. The maximum atomic E-state index is 12.0. The summed E-state index contributed by atoms with van der Waals surface area (Å²) in [5.74, 6) is -0.0134. The molecular formula is C15H16N2O3. The molecule has 1 N–H and O–H groups in total. The Morgan fingerprint density at radius 1 is 1.35 bits per heavy atom. The Labute approximate surface area is 116 Å². The highest BCUT2D eigenvalue weighted by Gasteiger charge is 2.33. The lowest BCUT2D eigenvalue weighted by molar-refractivity contribution is -0.0978. The fourth-order valence-electron chi connectivity index (χ4n) is 2.06. The van der Waals surface area contributed by atoms with Crippen molar-refractivity contribution in [3.05, 3.63) is 42.2 Å². The molecule has 1 aliphatic heterocycles. The van der Waals surface area contributed by atoms with E-state index in [4.69, 9.17) is 9.26 Å². The van der Waals surface area contributed by atoms with Crippen molar-refractivity contribution in [2.75, 3.05) is 19.8 Å². The van der Waals surface area contributed by atoms with Crippen LogP contribution in [0.2, 0.25) is 0 Å². The minimum absolute atomic E-state index is 0.0396. The molecule has 3 rings (SSSR count). The van der Waals surface area contributed by atoms with E-state index >= 15 is 0 Å². The minimum atomic E-state index is -0.243. The van der Waals surface area contributed by atoms with Gasteiger partial charge in [0.15, 0.2) is 0 Å². The van der Waals surface area contributed by atoms with Crippen LogP contribution in [0, 0.1) is 5.41 Å². The number of hydrogen-bond acceptors (Lipinski definition) is 4. The van der Waals surface area contributed by atoms with Crippen molar-refractivity contribution in [3.63, 3.8) is 0 Å². The maximum Gasteiger partial charge on any atom is 0.289 e. The second kappa shape index (κ2) is 5.09. The van der Waals surface area contributed by atoms with Gasteiger partial charge in [0.1, 0.15) is 5.69 Å². The number of ether oxygens (including phenoxy) is 1. The highest BCUT2D eigenvalue weighted by molar-refractivity contribution is 5.92. The lowest BCUT2D eigenvalue weighted by Crippen LogP contribution is -2.48. The fourth-order valence-corrected chi connectivity index (χ4v) is 2.06. The molecule has 0 unspecified atom stereocenters. The van der Waals surface area contributed by atoms with Crippen LogP contribution in [0.15, 0.2) is 40.9 Å². The van der Waals surface area contributed by atoms with Crippen LogP contribution in [0.3, 0.4) is 0 Å². The normalized spacial score (nSPS) is 16.4. The van der Waals surface area contributed by atoms with Crippen molar-refractivity contribution >= 4 is 5.91 Å². The van der Waals surface area contributed by atoms with Gasteiger partial charge in [-0.15, -0.1) is 0 Å². The van der Waals surface area contributed by atoms with E-state index in [1.807, 2.05) is 30.3 Å². The van der Waals surface area contributed by atoms with Gasteiger partial charge in [0.2, 0.25) is 5.76 Å². The first-order valence-corrected chi connectivity index (χ1v) is 6.54. The molecule has 1 fully saturated rings. The average Bonchev–Trinajstić information content (AvgIpc) is 2.93. The third-order valence-electron chi connectivity index (χ3n) is 3.38. The predicted octanol–water partition coefficient (Wildman–Crippen LogP) is 2.11. The molecule has 2 heterocycles. The van der Waals surface area contributed by atoms with Gasteiger partial charge in [-0.1, -0.05) is 42.4 Å². The molecule has 0 aliphatic carbocycles. The third kappa shape index (κ3) is 2.58. The standard InChI is InChI=1S/C15H16N2O3/c1-15(9-19-10-15)8-16-14(18)13-7-12(17-20-13)11-5-3-2-4-6-11/h2-7H,8-10H2,1H3,(H,16,18). The SMILES string of the molecule is CC1(CNC(=O)c2cc(-c3ccccc3)no2)COC1. The number of amides is 1. The van der Waals surface area contributed by atoms with Crippen LogP contribution in [0.4, 0.5) is 0 Å². The molecule has 0 atom stereocenters. The minimum Gasteiger partial charge on any atom is -0.380 e. The number of aromatic nitrogens is 1. The van der Waals surface area contributed by atoms with E-state index in [-0.39, 0.29) is 17.1 Å². The van der Waals surface area contributed by atoms with Gasteiger partial charge in [-0.2, -0.15) is 0 Å². The molecular weight excluding hydrogens is 256 g/mol. The van der Waals surface area contributed by atoms with Crippen molar-refractivity contribution in [2.24, 2.45) is 5.41 Å². The van der Waals surface area contributed by atoms with Gasteiger partial charge in [-0.05, 0) is 0 Å². The van der Waals surface area contributed by atoms with Gasteiger partial charge in [0, 0.05) is 23.6 Å². The highest BCUT2D eigenvalue weighted by Crippen LogP contribution is 2.25. The second-order valence-electron chi connectivity index (χ2n) is 5.43. The summed E-state index contributed by atoms with van der Waals surface area (Å²) in [6, 6.07) is 11.3. The summed E-state index contributed by atoms with van der Waals surface area (Å²) in [5.41, 5.74) is 1.63. The van der Waals surface area contributed by atoms with Crippen molar-refractivity contribution in [3.8, 4) is 11.3 Å². The zero-order valence-corrected chi connectivity index (χ0v) is 11.3. The van der Waals surface area contributed by atoms with E-state index in [1.165, 1.54) is 0 Å². The lowest BCUT2D eigenvalue weighted by atomic mass is 9.89. The van der Waals surface area contributed by atoms with Gasteiger partial charge in [-0.25, -0.2) is 0 Å². The molecule has 20 heavy (non-hydrogen) atoms. The maximum absolute atomic E-state index is 12.0. The molecule has 5 nitrogen and oxygen atoms in total. The number of carbonyl (C=O) groups is 1. The summed E-state index contributed by atoms with van der Waals surface area (Å²) in [7, 11) is 0. The van der Waals surface area contributed by atoms with Gasteiger partial charge >= 0.3 is 0 Å². The fraction of sp³-hybridized carbons (Fsp3) is 0.333. The molecule has 0 radical (unpaired) electrons. The summed E-state index contributed by atoms with van der Waals surface area (Å²) in [4.78, 5) is 12.0. The molecule has 2 aromatic rings. The summed E-state index contributed by atoms with van der Waals surface area (Å²) >= 11 is 0. The molecule has 1 aromatic carbocycles. The molecule has 1 saturated heterocycles. The molecule has 0 spiro atoms. The Morgan fingerprint density at radius 3 is 2.75 bits per heavy atom. The van der Waals surface area contributed by atoms with E-state index in [0.717, 1.165) is 5.56 Å². The number of carbonyl (C=O) groups excluding carboxylic acids is 1. The van der Waals surface area contributed by atoms with Gasteiger partial charge in [0.25, 0.3) is 5.91 Å². The Morgan fingerprint density at radius 2 is 2.10 bits per heavy atom. The molecule has 1 aromatic heterocycles. The van der Waals surface area contributed by atoms with Crippen LogP contribution in [-0.2, 0) is 4.74 Å². The number of nitrogens with one attached hydrogen (secondary N) is 1. The van der Waals surface area contributed by atoms with Crippen LogP contribution in [0.1, 0.15) is 17.5 Å². The van der Waals surface area contributed by atoms with Gasteiger partial charge in [0.05, 0.1) is 13.2 Å². The van der Waals surface area contributed by atoms with Crippen molar-refractivity contribution in [1.82, 2.24) is 10.5 Å². The van der Waals surface area contributed by atoms with Crippen LogP contribution in [0.5, 0.6) is 0 Å². The Bertz CT molecular complexity index is 603. The van der Waals surface area contributed by atoms with Crippen LogP contribution in [0.25, 0.3) is 11.3 Å². The van der Waals surface area contributed by atoms with Crippen molar-refractivity contribution in [2.45, 2.75) is 6.92 Å². The number of nitrogens with zero attached hydrogens (tertiary/aromatic N) is 1. The van der Waals surface area contributed by atoms with Crippen LogP contribution < -0.4 is 5.32 Å². The highest BCUT2D eigenvalue weighted by atomic mass is 16.5. The topological polar surface area (TPSA) is 64.4 Å². The first kappa shape index (κ1) is 12.9. The largest absolute Gasteiger partial charge is 0.380 e. The Kier molecular flexibility index (Phi) is 3.28. The Hall–Kier alpha value is -2.14.